The summed E-state index contributed by atoms with van der Waals surface area (Å²) in [5.74, 6) is 1.30. The van der Waals surface area contributed by atoms with Crippen LogP contribution >= 0.6 is 0 Å². The van der Waals surface area contributed by atoms with Crippen molar-refractivity contribution in [1.29, 1.82) is 0 Å². The Kier molecular flexibility index (Phi) is 43.2. The zero-order valence-corrected chi connectivity index (χ0v) is 40.7. The van der Waals surface area contributed by atoms with Crippen LogP contribution in [0.5, 0.6) is 0 Å². The zero-order valence-electron chi connectivity index (χ0n) is 35.0. The van der Waals surface area contributed by atoms with Gasteiger partial charge in [-0.15, -0.1) is 6.42 Å². The Balaban J connectivity index is -0.000000357. The fourth-order valence-electron chi connectivity index (χ4n) is 4.30. The SMILES string of the molecule is CC.CC.CC.CC.C[C-]=O.C[C-]=O.[CH-]=Cc1ncc(-c2ccccc2)c(-c2ccccc2)n1.[CH2-]Cc1ncc(-c2ccccc2)c(-c2ccccc2)n1.[Y].[Y]. The molecular formula is C48H58N4O2Y2-4. The van der Waals surface area contributed by atoms with Crippen LogP contribution in [0.3, 0.4) is 0 Å². The van der Waals surface area contributed by atoms with Gasteiger partial charge in [-0.2, -0.15) is 19.9 Å². The molecule has 0 saturated heterocycles. The minimum Gasteiger partial charge on any atom is -0.542 e. The third-order valence-electron chi connectivity index (χ3n) is 6.28. The van der Waals surface area contributed by atoms with Crippen LogP contribution in [0, 0.1) is 13.5 Å². The van der Waals surface area contributed by atoms with Crippen LogP contribution in [0.4, 0.5) is 0 Å². The normalized spacial score (nSPS) is 8.27. The van der Waals surface area contributed by atoms with Gasteiger partial charge in [0.1, 0.15) is 0 Å². The van der Waals surface area contributed by atoms with Crippen molar-refractivity contribution in [3.05, 3.63) is 159 Å². The Hall–Kier alpha value is -3.67. The number of hydrogen-bond acceptors (Lipinski definition) is 6. The Bertz CT molecular complexity index is 1790. The maximum atomic E-state index is 8.68. The molecule has 2 aromatic heterocycles. The van der Waals surface area contributed by atoms with Gasteiger partial charge in [0.15, 0.2) is 0 Å². The van der Waals surface area contributed by atoms with Gasteiger partial charge in [0.2, 0.25) is 0 Å². The van der Waals surface area contributed by atoms with Gasteiger partial charge in [0, 0.05) is 94.5 Å². The fraction of sp³-hybridized carbons (Fsp3) is 0.229. The number of carbonyl (C=O) groups excluding carboxylic acids is 2. The van der Waals surface area contributed by atoms with E-state index >= 15 is 0 Å². The predicted octanol–water partition coefficient (Wildman–Crippen LogP) is 12.8. The first-order valence-corrected chi connectivity index (χ1v) is 18.5. The van der Waals surface area contributed by atoms with Gasteiger partial charge in [-0.1, -0.05) is 177 Å². The molecule has 0 amide bonds. The summed E-state index contributed by atoms with van der Waals surface area (Å²) in [6.07, 6.45) is 8.73. The van der Waals surface area contributed by atoms with Crippen molar-refractivity contribution in [2.45, 2.75) is 75.7 Å². The van der Waals surface area contributed by atoms with Crippen molar-refractivity contribution >= 4 is 18.6 Å². The van der Waals surface area contributed by atoms with Gasteiger partial charge in [-0.05, 0) is 22.5 Å². The topological polar surface area (TPSA) is 85.7 Å². The Morgan fingerprint density at radius 2 is 0.804 bits per heavy atom. The van der Waals surface area contributed by atoms with Crippen molar-refractivity contribution in [2.24, 2.45) is 0 Å². The predicted molar refractivity (Wildman–Crippen MR) is 232 cm³/mol. The molecule has 56 heavy (non-hydrogen) atoms. The van der Waals surface area contributed by atoms with E-state index < -0.39 is 0 Å². The van der Waals surface area contributed by atoms with Crippen molar-refractivity contribution in [1.82, 2.24) is 19.9 Å². The van der Waals surface area contributed by atoms with E-state index in [0.29, 0.717) is 12.2 Å². The molecule has 0 bridgehead atoms. The van der Waals surface area contributed by atoms with Crippen LogP contribution in [0.15, 0.2) is 134 Å². The summed E-state index contributed by atoms with van der Waals surface area (Å²) >= 11 is 0. The average Bonchev–Trinajstić information content (AvgIpc) is 3.28. The van der Waals surface area contributed by atoms with Gasteiger partial charge in [0.25, 0.3) is 0 Å². The van der Waals surface area contributed by atoms with Crippen molar-refractivity contribution < 1.29 is 75.0 Å². The first-order chi connectivity index (χ1) is 26.6. The molecule has 292 valence electrons. The summed E-state index contributed by atoms with van der Waals surface area (Å²) in [6, 6.07) is 40.6. The molecule has 0 saturated carbocycles. The molecule has 6 nitrogen and oxygen atoms in total. The minimum absolute atomic E-state index is 0. The monoisotopic (exact) mass is 900 g/mol. The van der Waals surface area contributed by atoms with Gasteiger partial charge < -0.3 is 26.5 Å². The van der Waals surface area contributed by atoms with Crippen LogP contribution in [-0.4, -0.2) is 32.5 Å². The van der Waals surface area contributed by atoms with Crippen LogP contribution < -0.4 is 0 Å². The standard InChI is InChI=1S/C18H15N2.C18H13N2.2C2H3O.4C2H6.2Y/c2*1-2-17-19-13-16(14-9-5-3-6-10-14)18(20-17)15-11-7-4-8-12-15;2*1-2-3;4*1-2;;/h3-13H,1-2H2;1-13H;2*1H3;4*1-2H3;;/q4*-1;;;;;;. The third kappa shape index (κ3) is 22.2. The molecule has 2 radical (unpaired) electrons. The maximum Gasteiger partial charge on any atom is 0.0989 e. The van der Waals surface area contributed by atoms with Gasteiger partial charge in [-0.3, -0.25) is 19.2 Å². The molecule has 0 unspecified atom stereocenters. The van der Waals surface area contributed by atoms with Crippen molar-refractivity contribution in [3.8, 4) is 44.8 Å². The van der Waals surface area contributed by atoms with E-state index in [1.807, 2.05) is 153 Å². The zero-order chi connectivity index (χ0) is 41.0. The second-order valence-corrected chi connectivity index (χ2v) is 9.33. The number of benzene rings is 4. The summed E-state index contributed by atoms with van der Waals surface area (Å²) < 4.78 is 0. The molecule has 0 spiro atoms. The molecule has 0 aliphatic carbocycles. The Morgan fingerprint density at radius 1 is 0.518 bits per heavy atom. The Morgan fingerprint density at radius 3 is 1.11 bits per heavy atom. The molecule has 8 heteroatoms. The fourth-order valence-corrected chi connectivity index (χ4v) is 4.30. The summed E-state index contributed by atoms with van der Waals surface area (Å²) in [5.41, 5.74) is 8.28. The first-order valence-electron chi connectivity index (χ1n) is 18.5. The second-order valence-electron chi connectivity index (χ2n) is 9.33. The van der Waals surface area contributed by atoms with E-state index in [9.17, 15) is 0 Å². The molecule has 0 fully saturated rings. The molecule has 0 aliphatic heterocycles. The van der Waals surface area contributed by atoms with E-state index in [-0.39, 0.29) is 65.4 Å². The molecule has 6 rings (SSSR count). The molecule has 2 heterocycles. The number of aromatic nitrogens is 4. The molecule has 0 aliphatic rings. The minimum atomic E-state index is 0. The maximum absolute atomic E-state index is 8.68. The molecular weight excluding hydrogens is 842 g/mol. The van der Waals surface area contributed by atoms with E-state index in [1.165, 1.54) is 32.5 Å². The Labute approximate surface area is 389 Å². The second kappa shape index (κ2) is 41.0. The van der Waals surface area contributed by atoms with E-state index in [1.54, 1.807) is 0 Å². The van der Waals surface area contributed by atoms with Crippen LogP contribution in [0.25, 0.3) is 50.8 Å². The largest absolute Gasteiger partial charge is 0.542 e. The molecule has 0 N–H and O–H groups in total. The summed E-state index contributed by atoms with van der Waals surface area (Å²) in [7, 11) is 0. The summed E-state index contributed by atoms with van der Waals surface area (Å²) in [5, 5.41) is 0. The average molecular weight is 901 g/mol. The van der Waals surface area contributed by atoms with Crippen LogP contribution in [0.2, 0.25) is 0 Å². The summed E-state index contributed by atoms with van der Waals surface area (Å²) in [4.78, 5) is 35.2. The third-order valence-corrected chi connectivity index (χ3v) is 6.28. The van der Waals surface area contributed by atoms with Gasteiger partial charge in [-0.25, -0.2) is 9.97 Å². The van der Waals surface area contributed by atoms with Crippen LogP contribution in [0.1, 0.15) is 80.9 Å². The number of rotatable bonds is 6. The van der Waals surface area contributed by atoms with Gasteiger partial charge in [0.05, 0.1) is 17.2 Å². The van der Waals surface area contributed by atoms with E-state index in [2.05, 4.69) is 63.3 Å². The van der Waals surface area contributed by atoms with Gasteiger partial charge >= 0.3 is 0 Å². The quantitative estimate of drug-likeness (QED) is 0.155. The van der Waals surface area contributed by atoms with Crippen LogP contribution in [-0.2, 0) is 81.4 Å². The van der Waals surface area contributed by atoms with E-state index in [4.69, 9.17) is 16.2 Å². The smallest absolute Gasteiger partial charge is 0.0989 e. The molecule has 0 atom stereocenters. The van der Waals surface area contributed by atoms with Crippen molar-refractivity contribution in [3.63, 3.8) is 0 Å². The molecule has 6 aromatic rings. The number of nitrogens with zero attached hydrogens (tertiary/aromatic N) is 4. The molecule has 4 aromatic carbocycles. The first kappa shape index (κ1) is 59.0. The van der Waals surface area contributed by atoms with Crippen molar-refractivity contribution in [2.75, 3.05) is 0 Å². The summed E-state index contributed by atoms with van der Waals surface area (Å²) in [6.45, 7) is 28.0. The van der Waals surface area contributed by atoms with E-state index in [0.717, 1.165) is 50.6 Å². The number of hydrogen-bond donors (Lipinski definition) is 0.